The van der Waals surface area contributed by atoms with E-state index in [1.54, 1.807) is 12.1 Å². The van der Waals surface area contributed by atoms with Crippen molar-refractivity contribution < 1.29 is 14.3 Å². The molecule has 0 saturated heterocycles. The number of carbonyl (C=O) groups excluding carboxylic acids is 2. The molecule has 0 radical (unpaired) electrons. The van der Waals surface area contributed by atoms with Gasteiger partial charge in [0, 0.05) is 16.4 Å². The van der Waals surface area contributed by atoms with E-state index >= 15 is 0 Å². The number of hydrogen-bond acceptors (Lipinski definition) is 4. The lowest BCUT2D eigenvalue weighted by Crippen LogP contribution is -2.11. The van der Waals surface area contributed by atoms with Gasteiger partial charge in [-0.3, -0.25) is 4.79 Å². The molecule has 3 rings (SSSR count). The first-order valence-electron chi connectivity index (χ1n) is 8.84. The Morgan fingerprint density at radius 3 is 2.85 bits per heavy atom. The van der Waals surface area contributed by atoms with Crippen molar-refractivity contribution in [1.29, 1.82) is 0 Å². The number of hydrogen-bond donors (Lipinski definition) is 0. The number of rotatable bonds is 6. The molecule has 1 aromatic carbocycles. The largest absolute Gasteiger partial charge is 0.465 e. The molecule has 0 N–H and O–H groups in total. The second-order valence-corrected chi connectivity index (χ2v) is 7.70. The molecule has 0 bridgehead atoms. The molecule has 27 heavy (non-hydrogen) atoms. The predicted octanol–water partition coefficient (Wildman–Crippen LogP) is 5.28. The van der Waals surface area contributed by atoms with Crippen LogP contribution in [0.25, 0.3) is 5.57 Å². The minimum atomic E-state index is -0.331. The Kier molecular flexibility index (Phi) is 5.87. The number of methoxy groups -OCH3 is 1. The number of esters is 1. The average Bonchev–Trinajstić information content (AvgIpc) is 3.26. The minimum Gasteiger partial charge on any atom is -0.465 e. The summed E-state index contributed by atoms with van der Waals surface area (Å²) < 4.78 is 4.76. The molecule has 138 valence electrons. The zero-order valence-electron chi connectivity index (χ0n) is 15.5. The Hall–Kier alpha value is -2.72. The topological polar surface area (TPSA) is 43.4 Å². The first-order valence-corrected chi connectivity index (χ1v) is 9.66. The predicted molar refractivity (Wildman–Crippen MR) is 110 cm³/mol. The first-order chi connectivity index (χ1) is 13.0. The number of carbonyl (C=O) groups is 2. The van der Waals surface area contributed by atoms with Crippen LogP contribution in [0.2, 0.25) is 0 Å². The zero-order chi connectivity index (χ0) is 19.4. The van der Waals surface area contributed by atoms with Crippen molar-refractivity contribution in [3.63, 3.8) is 0 Å². The van der Waals surface area contributed by atoms with E-state index in [0.29, 0.717) is 11.3 Å². The van der Waals surface area contributed by atoms with Gasteiger partial charge in [-0.1, -0.05) is 49.1 Å². The molecule has 3 nitrogen and oxygen atoms in total. The summed E-state index contributed by atoms with van der Waals surface area (Å²) in [6, 6.07) is 9.62. The van der Waals surface area contributed by atoms with Gasteiger partial charge in [-0.2, -0.15) is 0 Å². The molecule has 1 aromatic heterocycles. The van der Waals surface area contributed by atoms with Crippen molar-refractivity contribution in [2.24, 2.45) is 5.92 Å². The number of thiophene rings is 1. The molecule has 1 unspecified atom stereocenters. The van der Waals surface area contributed by atoms with Gasteiger partial charge in [0.2, 0.25) is 0 Å². The van der Waals surface area contributed by atoms with Crippen LogP contribution in [0.3, 0.4) is 0 Å². The maximum absolute atomic E-state index is 12.9. The Morgan fingerprint density at radius 1 is 1.30 bits per heavy atom. The van der Waals surface area contributed by atoms with Gasteiger partial charge in [-0.15, -0.1) is 11.3 Å². The second-order valence-electron chi connectivity index (χ2n) is 6.53. The summed E-state index contributed by atoms with van der Waals surface area (Å²) in [6.45, 7) is 5.74. The van der Waals surface area contributed by atoms with Crippen LogP contribution >= 0.6 is 11.3 Å². The van der Waals surface area contributed by atoms with Gasteiger partial charge in [-0.25, -0.2) is 4.79 Å². The third-order valence-corrected chi connectivity index (χ3v) is 5.86. The quantitative estimate of drug-likeness (QED) is 0.507. The molecule has 1 aliphatic carbocycles. The molecule has 0 aliphatic heterocycles. The van der Waals surface area contributed by atoms with E-state index in [9.17, 15) is 9.59 Å². The summed E-state index contributed by atoms with van der Waals surface area (Å²) in [5.41, 5.74) is 4.20. The highest BCUT2D eigenvalue weighted by Crippen LogP contribution is 2.35. The molecule has 0 amide bonds. The monoisotopic (exact) mass is 378 g/mol. The van der Waals surface area contributed by atoms with Crippen molar-refractivity contribution in [2.45, 2.75) is 19.8 Å². The fourth-order valence-corrected chi connectivity index (χ4v) is 4.45. The summed E-state index contributed by atoms with van der Waals surface area (Å²) in [6.07, 6.45) is 8.99. The molecule has 4 heteroatoms. The Morgan fingerprint density at radius 2 is 2.11 bits per heavy atom. The Balaban J connectivity index is 1.83. The van der Waals surface area contributed by atoms with Crippen LogP contribution in [0.5, 0.6) is 0 Å². The molecule has 0 saturated carbocycles. The maximum Gasteiger partial charge on any atom is 0.348 e. The lowest BCUT2D eigenvalue weighted by molar-refractivity contribution is 0.0606. The van der Waals surface area contributed by atoms with Gasteiger partial charge in [0.15, 0.2) is 5.78 Å². The summed E-state index contributed by atoms with van der Waals surface area (Å²) >= 11 is 1.40. The van der Waals surface area contributed by atoms with Crippen LogP contribution in [-0.4, -0.2) is 18.9 Å². The number of allylic oxidation sites excluding steroid dienone is 5. The van der Waals surface area contributed by atoms with E-state index in [-0.39, 0.29) is 17.7 Å². The molecule has 1 heterocycles. The number of ether oxygens (including phenoxy) is 1. The molecule has 2 aromatic rings. The van der Waals surface area contributed by atoms with Crippen molar-refractivity contribution >= 4 is 28.7 Å². The van der Waals surface area contributed by atoms with Crippen LogP contribution in [0, 0.1) is 5.92 Å². The van der Waals surface area contributed by atoms with Crippen molar-refractivity contribution in [3.05, 3.63) is 87.7 Å². The first kappa shape index (κ1) is 19.1. The lowest BCUT2D eigenvalue weighted by Gasteiger charge is -2.08. The van der Waals surface area contributed by atoms with Gasteiger partial charge in [0.1, 0.15) is 4.88 Å². The standard InChI is InChI=1S/C23H22O3S/c1-4-5-6-8-15(2)18-9-7-10-19-20(18)14-16(22(19)24)13-17-11-12-21(27-17)23(25)26-3/h4-12,16H,1,13-14H2,2-3H3/b6-5-,15-8+. The Bertz CT molecular complexity index is 946. The molecular formula is C23H22O3S. The van der Waals surface area contributed by atoms with Gasteiger partial charge in [0.05, 0.1) is 7.11 Å². The van der Waals surface area contributed by atoms with Gasteiger partial charge in [0.25, 0.3) is 0 Å². The second kappa shape index (κ2) is 8.31. The third kappa shape index (κ3) is 4.01. The van der Waals surface area contributed by atoms with E-state index in [1.165, 1.54) is 18.4 Å². The zero-order valence-corrected chi connectivity index (χ0v) is 16.3. The number of benzene rings is 1. The fraction of sp³-hybridized carbons (Fsp3) is 0.217. The molecule has 1 aliphatic rings. The fourth-order valence-electron chi connectivity index (χ4n) is 3.44. The summed E-state index contributed by atoms with van der Waals surface area (Å²) in [5, 5.41) is 0. The normalized spacial score (nSPS) is 16.6. The van der Waals surface area contributed by atoms with Crippen LogP contribution in [0.15, 0.2) is 61.2 Å². The SMILES string of the molecule is C=C/C=C\C=C(/C)c1cccc2c1CC(Cc1ccc(C(=O)OC)s1)C2=O. The van der Waals surface area contributed by atoms with Gasteiger partial charge < -0.3 is 4.74 Å². The van der Waals surface area contributed by atoms with Gasteiger partial charge >= 0.3 is 5.97 Å². The van der Waals surface area contributed by atoms with Crippen molar-refractivity contribution in [2.75, 3.05) is 7.11 Å². The third-order valence-electron chi connectivity index (χ3n) is 4.78. The summed E-state index contributed by atoms with van der Waals surface area (Å²) in [5.74, 6) is -0.223. The summed E-state index contributed by atoms with van der Waals surface area (Å²) in [4.78, 5) is 26.1. The smallest absolute Gasteiger partial charge is 0.348 e. The van der Waals surface area contributed by atoms with E-state index in [4.69, 9.17) is 4.74 Å². The minimum absolute atomic E-state index is 0.0817. The molecule has 0 spiro atoms. The van der Waals surface area contributed by atoms with E-state index in [1.807, 2.05) is 36.4 Å². The maximum atomic E-state index is 12.9. The lowest BCUT2D eigenvalue weighted by atomic mass is 9.96. The molecule has 0 fully saturated rings. The van der Waals surface area contributed by atoms with Crippen LogP contribution in [-0.2, 0) is 17.6 Å². The van der Waals surface area contributed by atoms with E-state index in [2.05, 4.69) is 19.6 Å². The Labute approximate surface area is 163 Å². The average molecular weight is 378 g/mol. The van der Waals surface area contributed by atoms with Crippen LogP contribution < -0.4 is 0 Å². The highest BCUT2D eigenvalue weighted by Gasteiger charge is 2.32. The van der Waals surface area contributed by atoms with Crippen molar-refractivity contribution in [3.8, 4) is 0 Å². The van der Waals surface area contributed by atoms with E-state index in [0.717, 1.165) is 33.6 Å². The van der Waals surface area contributed by atoms with Gasteiger partial charge in [-0.05, 0) is 48.6 Å². The number of ketones is 1. The highest BCUT2D eigenvalue weighted by molar-refractivity contribution is 7.13. The van der Waals surface area contributed by atoms with E-state index < -0.39 is 0 Å². The molecule has 1 atom stereocenters. The summed E-state index contributed by atoms with van der Waals surface area (Å²) in [7, 11) is 1.38. The van der Waals surface area contributed by atoms with Crippen LogP contribution in [0.1, 0.15) is 43.0 Å². The highest BCUT2D eigenvalue weighted by atomic mass is 32.1. The van der Waals surface area contributed by atoms with Crippen molar-refractivity contribution in [1.82, 2.24) is 0 Å². The molecular weight excluding hydrogens is 356 g/mol. The number of fused-ring (bicyclic) bond motifs is 1. The number of Topliss-reactive ketones (excluding diaryl/α,β-unsaturated/α-hetero) is 1. The van der Waals surface area contributed by atoms with Crippen LogP contribution in [0.4, 0.5) is 0 Å².